The number of halogens is 2. The van der Waals surface area contributed by atoms with Crippen molar-refractivity contribution in [3.8, 4) is 0 Å². The van der Waals surface area contributed by atoms with Gasteiger partial charge >= 0.3 is 0 Å². The van der Waals surface area contributed by atoms with Gasteiger partial charge < -0.3 is 10.6 Å². The fraction of sp³-hybridized carbons (Fsp3) is 0.200. The molecule has 2 N–H and O–H groups in total. The average Bonchev–Trinajstić information content (AvgIpc) is 2.20. The smallest absolute Gasteiger partial charge is 0.254 e. The van der Waals surface area contributed by atoms with Gasteiger partial charge in [-0.25, -0.2) is 4.39 Å². The maximum absolute atomic E-state index is 13.2. The molecule has 0 bridgehead atoms. The molecule has 1 aromatic rings. The van der Waals surface area contributed by atoms with Crippen LogP contribution in [0.5, 0.6) is 0 Å². The second-order valence-corrected chi connectivity index (χ2v) is 4.11. The summed E-state index contributed by atoms with van der Waals surface area (Å²) in [6.07, 6.45) is 0. The Labute approximate surface area is 100 Å². The number of amides is 2. The Hall–Kier alpha value is -1.43. The van der Waals surface area contributed by atoms with Crippen molar-refractivity contribution in [1.82, 2.24) is 4.90 Å². The van der Waals surface area contributed by atoms with Gasteiger partial charge in [0.2, 0.25) is 5.91 Å². The van der Waals surface area contributed by atoms with Crippen LogP contribution in [0.3, 0.4) is 0 Å². The number of hydrogen-bond donors (Lipinski definition) is 1. The zero-order valence-corrected chi connectivity index (χ0v) is 10.1. The van der Waals surface area contributed by atoms with E-state index in [0.29, 0.717) is 0 Å². The highest BCUT2D eigenvalue weighted by Gasteiger charge is 2.14. The van der Waals surface area contributed by atoms with Crippen LogP contribution in [0.15, 0.2) is 22.7 Å². The summed E-state index contributed by atoms with van der Waals surface area (Å²) in [4.78, 5) is 23.4. The normalized spacial score (nSPS) is 9.94. The molecule has 0 radical (unpaired) electrons. The van der Waals surface area contributed by atoms with Gasteiger partial charge in [-0.3, -0.25) is 9.59 Å². The highest BCUT2D eigenvalue weighted by atomic mass is 79.9. The Bertz CT molecular complexity index is 437. The number of carbonyl (C=O) groups is 2. The summed E-state index contributed by atoms with van der Waals surface area (Å²) in [7, 11) is 1.42. The molecule has 16 heavy (non-hydrogen) atoms. The van der Waals surface area contributed by atoms with Gasteiger partial charge in [0.1, 0.15) is 5.82 Å². The van der Waals surface area contributed by atoms with Crippen molar-refractivity contribution in [2.75, 3.05) is 13.6 Å². The number of hydrogen-bond acceptors (Lipinski definition) is 2. The van der Waals surface area contributed by atoms with Crippen LogP contribution in [0, 0.1) is 5.82 Å². The Morgan fingerprint density at radius 2 is 2.12 bits per heavy atom. The molecule has 0 aliphatic heterocycles. The topological polar surface area (TPSA) is 63.4 Å². The molecule has 86 valence electrons. The molecule has 2 amide bonds. The van der Waals surface area contributed by atoms with Crippen molar-refractivity contribution in [2.45, 2.75) is 0 Å². The maximum Gasteiger partial charge on any atom is 0.254 e. The second-order valence-electron chi connectivity index (χ2n) is 3.26. The summed E-state index contributed by atoms with van der Waals surface area (Å²) in [5.41, 5.74) is 5.12. The molecular formula is C10H10BrFN2O2. The van der Waals surface area contributed by atoms with Gasteiger partial charge in [-0.15, -0.1) is 0 Å². The molecule has 0 atom stereocenters. The molecule has 1 aromatic carbocycles. The first-order valence-corrected chi connectivity index (χ1v) is 5.20. The summed E-state index contributed by atoms with van der Waals surface area (Å²) >= 11 is 2.98. The van der Waals surface area contributed by atoms with E-state index in [2.05, 4.69) is 15.9 Å². The van der Waals surface area contributed by atoms with Crippen molar-refractivity contribution in [2.24, 2.45) is 5.73 Å². The van der Waals surface area contributed by atoms with E-state index in [1.807, 2.05) is 0 Å². The lowest BCUT2D eigenvalue weighted by Gasteiger charge is -2.15. The largest absolute Gasteiger partial charge is 0.368 e. The number of carbonyl (C=O) groups excluding carboxylic acids is 2. The predicted molar refractivity (Wildman–Crippen MR) is 60.3 cm³/mol. The lowest BCUT2D eigenvalue weighted by atomic mass is 10.2. The highest BCUT2D eigenvalue weighted by molar-refractivity contribution is 9.10. The van der Waals surface area contributed by atoms with E-state index in [9.17, 15) is 14.0 Å². The van der Waals surface area contributed by atoms with Crippen molar-refractivity contribution >= 4 is 27.7 Å². The first-order valence-electron chi connectivity index (χ1n) is 4.40. The number of likely N-dealkylation sites (N-methyl/N-ethyl adjacent to an activating group) is 1. The number of benzene rings is 1. The van der Waals surface area contributed by atoms with Gasteiger partial charge in [-0.2, -0.15) is 0 Å². The fourth-order valence-corrected chi connectivity index (χ4v) is 1.40. The van der Waals surface area contributed by atoms with Crippen LogP contribution < -0.4 is 5.73 Å². The van der Waals surface area contributed by atoms with Crippen molar-refractivity contribution in [3.05, 3.63) is 34.1 Å². The van der Waals surface area contributed by atoms with E-state index in [1.54, 1.807) is 0 Å². The monoisotopic (exact) mass is 288 g/mol. The SMILES string of the molecule is CN(CC(N)=O)C(=O)c1ccc(Br)c(F)c1. The van der Waals surface area contributed by atoms with Crippen LogP contribution in [-0.2, 0) is 4.79 Å². The molecule has 0 unspecified atom stereocenters. The van der Waals surface area contributed by atoms with Crippen LogP contribution in [0.2, 0.25) is 0 Å². The third kappa shape index (κ3) is 3.03. The summed E-state index contributed by atoms with van der Waals surface area (Å²) in [6, 6.07) is 4.00. The molecule has 0 spiro atoms. The van der Waals surface area contributed by atoms with Gasteiger partial charge in [-0.05, 0) is 34.1 Å². The first-order chi connectivity index (χ1) is 7.41. The van der Waals surface area contributed by atoms with Crippen LogP contribution in [-0.4, -0.2) is 30.3 Å². The molecule has 0 aromatic heterocycles. The second kappa shape index (κ2) is 5.07. The Morgan fingerprint density at radius 3 is 2.62 bits per heavy atom. The van der Waals surface area contributed by atoms with E-state index in [-0.39, 0.29) is 16.6 Å². The Kier molecular flexibility index (Phi) is 4.00. The van der Waals surface area contributed by atoms with E-state index < -0.39 is 17.6 Å². The third-order valence-electron chi connectivity index (χ3n) is 1.91. The molecule has 0 saturated heterocycles. The van der Waals surface area contributed by atoms with Crippen LogP contribution in [0.1, 0.15) is 10.4 Å². The lowest BCUT2D eigenvalue weighted by Crippen LogP contribution is -2.35. The number of rotatable bonds is 3. The van der Waals surface area contributed by atoms with Crippen LogP contribution in [0.4, 0.5) is 4.39 Å². The minimum atomic E-state index is -0.617. The first kappa shape index (κ1) is 12.6. The van der Waals surface area contributed by atoms with Crippen molar-refractivity contribution < 1.29 is 14.0 Å². The number of nitrogens with two attached hydrogens (primary N) is 1. The number of nitrogens with zero attached hydrogens (tertiary/aromatic N) is 1. The molecule has 0 fully saturated rings. The average molecular weight is 289 g/mol. The van der Waals surface area contributed by atoms with Crippen molar-refractivity contribution in [1.29, 1.82) is 0 Å². The van der Waals surface area contributed by atoms with Gasteiger partial charge in [0, 0.05) is 12.6 Å². The predicted octanol–water partition coefficient (Wildman–Crippen LogP) is 1.15. The summed E-state index contributed by atoms with van der Waals surface area (Å²) in [5.74, 6) is -1.60. The lowest BCUT2D eigenvalue weighted by molar-refractivity contribution is -0.118. The summed E-state index contributed by atoms with van der Waals surface area (Å²) < 4.78 is 13.4. The van der Waals surface area contributed by atoms with E-state index in [0.717, 1.165) is 11.0 Å². The van der Waals surface area contributed by atoms with Gasteiger partial charge in [0.25, 0.3) is 5.91 Å². The zero-order chi connectivity index (χ0) is 12.3. The van der Waals surface area contributed by atoms with Gasteiger partial charge in [0.05, 0.1) is 11.0 Å². The molecule has 6 heteroatoms. The zero-order valence-electron chi connectivity index (χ0n) is 8.54. The minimum Gasteiger partial charge on any atom is -0.368 e. The summed E-state index contributed by atoms with van der Waals surface area (Å²) in [5, 5.41) is 0. The van der Waals surface area contributed by atoms with Crippen molar-refractivity contribution in [3.63, 3.8) is 0 Å². The van der Waals surface area contributed by atoms with Gasteiger partial charge in [-0.1, -0.05) is 0 Å². The standard InChI is InChI=1S/C10H10BrFN2O2/c1-14(5-9(13)15)10(16)6-2-3-7(11)8(12)4-6/h2-4H,5H2,1H3,(H2,13,15). The van der Waals surface area contributed by atoms with E-state index >= 15 is 0 Å². The van der Waals surface area contributed by atoms with Gasteiger partial charge in [0.15, 0.2) is 0 Å². The molecule has 4 nitrogen and oxygen atoms in total. The molecule has 0 aliphatic carbocycles. The Morgan fingerprint density at radius 1 is 1.50 bits per heavy atom. The number of primary amides is 1. The quantitative estimate of drug-likeness (QED) is 0.907. The molecule has 0 saturated carbocycles. The molecule has 1 rings (SSSR count). The van der Waals surface area contributed by atoms with E-state index in [4.69, 9.17) is 5.73 Å². The molecule has 0 heterocycles. The summed E-state index contributed by atoms with van der Waals surface area (Å²) in [6.45, 7) is -0.198. The molecule has 0 aliphatic rings. The van der Waals surface area contributed by atoms with Crippen LogP contribution >= 0.6 is 15.9 Å². The Balaban J connectivity index is 2.88. The van der Waals surface area contributed by atoms with E-state index in [1.165, 1.54) is 19.2 Å². The minimum absolute atomic E-state index is 0.171. The third-order valence-corrected chi connectivity index (χ3v) is 2.55. The maximum atomic E-state index is 13.2. The molecular weight excluding hydrogens is 279 g/mol. The van der Waals surface area contributed by atoms with Crippen LogP contribution in [0.25, 0.3) is 0 Å². The fourth-order valence-electron chi connectivity index (χ4n) is 1.16. The highest BCUT2D eigenvalue weighted by Crippen LogP contribution is 2.17.